The van der Waals surface area contributed by atoms with Crippen molar-refractivity contribution in [2.45, 2.75) is 6.10 Å². The van der Waals surface area contributed by atoms with Crippen molar-refractivity contribution in [3.63, 3.8) is 0 Å². The maximum atomic E-state index is 11.9. The summed E-state index contributed by atoms with van der Waals surface area (Å²) in [4.78, 5) is 12.9. The quantitative estimate of drug-likeness (QED) is 0.736. The van der Waals surface area contributed by atoms with Crippen LogP contribution in [0.3, 0.4) is 0 Å². The lowest BCUT2D eigenvalue weighted by atomic mass is 10.2. The van der Waals surface area contributed by atoms with Crippen molar-refractivity contribution < 1.29 is 14.6 Å². The summed E-state index contributed by atoms with van der Waals surface area (Å²) in [6.45, 7) is 0.584. The lowest BCUT2D eigenvalue weighted by molar-refractivity contribution is -0.117. The van der Waals surface area contributed by atoms with E-state index >= 15 is 0 Å². The molecule has 2 N–H and O–H groups in total. The van der Waals surface area contributed by atoms with Gasteiger partial charge in [0.05, 0.1) is 13.2 Å². The van der Waals surface area contributed by atoms with Crippen LogP contribution in [-0.4, -0.2) is 30.8 Å². The molecule has 2 aromatic rings. The van der Waals surface area contributed by atoms with Gasteiger partial charge in [0.15, 0.2) is 0 Å². The van der Waals surface area contributed by atoms with Gasteiger partial charge < -0.3 is 15.2 Å². The van der Waals surface area contributed by atoms with E-state index in [1.54, 1.807) is 17.4 Å². The maximum Gasteiger partial charge on any atom is 0.244 e. The highest BCUT2D eigenvalue weighted by molar-refractivity contribution is 7.10. The normalized spacial score (nSPS) is 12.4. The molecule has 2 rings (SSSR count). The van der Waals surface area contributed by atoms with E-state index in [1.807, 2.05) is 47.8 Å². The molecule has 0 aliphatic heterocycles. The number of carbonyl (C=O) groups is 1. The first-order valence-corrected chi connectivity index (χ1v) is 7.94. The number of amides is 1. The highest BCUT2D eigenvalue weighted by Gasteiger charge is 2.13. The van der Waals surface area contributed by atoms with Crippen LogP contribution >= 0.6 is 11.3 Å². The minimum Gasteiger partial charge on any atom is -0.394 e. The number of thiophene rings is 1. The molecule has 4 nitrogen and oxygen atoms in total. The molecule has 22 heavy (non-hydrogen) atoms. The number of ether oxygens (including phenoxy) is 1. The molecule has 1 heterocycles. The lowest BCUT2D eigenvalue weighted by Gasteiger charge is -2.16. The van der Waals surface area contributed by atoms with Gasteiger partial charge in [0.1, 0.15) is 6.10 Å². The molecule has 0 aliphatic rings. The Hall–Kier alpha value is -1.95. The molecule has 0 saturated carbocycles. The van der Waals surface area contributed by atoms with Crippen LogP contribution in [0, 0.1) is 0 Å². The van der Waals surface area contributed by atoms with Crippen molar-refractivity contribution >= 4 is 23.3 Å². The van der Waals surface area contributed by atoms with Gasteiger partial charge in [0.2, 0.25) is 5.91 Å². The summed E-state index contributed by atoms with van der Waals surface area (Å²) in [7, 11) is 0. The smallest absolute Gasteiger partial charge is 0.244 e. The van der Waals surface area contributed by atoms with E-state index in [4.69, 9.17) is 9.84 Å². The topological polar surface area (TPSA) is 58.6 Å². The Morgan fingerprint density at radius 1 is 1.27 bits per heavy atom. The minimum atomic E-state index is -0.235. The number of carbonyl (C=O) groups excluding carboxylic acids is 1. The third-order valence-corrected chi connectivity index (χ3v) is 3.92. The fourth-order valence-electron chi connectivity index (χ4n) is 1.90. The van der Waals surface area contributed by atoms with Crippen LogP contribution in [0.25, 0.3) is 6.08 Å². The monoisotopic (exact) mass is 317 g/mol. The summed E-state index contributed by atoms with van der Waals surface area (Å²) in [5.41, 5.74) is 0.976. The molecule has 1 atom stereocenters. The number of hydrogen-bond donors (Lipinski definition) is 2. The Labute approximate surface area is 134 Å². The molecule has 0 saturated heterocycles. The van der Waals surface area contributed by atoms with Crippen LogP contribution in [0.4, 0.5) is 0 Å². The minimum absolute atomic E-state index is 0.0380. The number of rotatable bonds is 8. The van der Waals surface area contributed by atoms with Crippen molar-refractivity contribution in [2.24, 2.45) is 0 Å². The van der Waals surface area contributed by atoms with E-state index < -0.39 is 0 Å². The molecular weight excluding hydrogens is 298 g/mol. The number of aliphatic hydroxyl groups excluding tert-OH is 1. The first-order valence-electron chi connectivity index (χ1n) is 7.06. The zero-order valence-electron chi connectivity index (χ0n) is 12.1. The standard InChI is InChI=1S/C17H19NO3S/c19-10-11-21-15(16-7-4-12-22-16)13-18-17(20)9-8-14-5-2-1-3-6-14/h1-9,12,15,19H,10-11,13H2,(H,18,20)/b9-8+/t15-/m0/s1. The van der Waals surface area contributed by atoms with Gasteiger partial charge >= 0.3 is 0 Å². The Bertz CT molecular complexity index is 581. The van der Waals surface area contributed by atoms with Crippen LogP contribution in [0.15, 0.2) is 53.9 Å². The Morgan fingerprint density at radius 2 is 2.09 bits per heavy atom. The zero-order chi connectivity index (χ0) is 15.6. The summed E-state index contributed by atoms with van der Waals surface area (Å²) < 4.78 is 5.57. The Balaban J connectivity index is 1.86. The Morgan fingerprint density at radius 3 is 2.77 bits per heavy atom. The van der Waals surface area contributed by atoms with Gasteiger partial charge in [0.25, 0.3) is 0 Å². The van der Waals surface area contributed by atoms with Gasteiger partial charge in [-0.1, -0.05) is 36.4 Å². The van der Waals surface area contributed by atoms with Crippen molar-refractivity contribution in [1.82, 2.24) is 5.32 Å². The van der Waals surface area contributed by atoms with E-state index in [-0.39, 0.29) is 25.2 Å². The largest absolute Gasteiger partial charge is 0.394 e. The van der Waals surface area contributed by atoms with Gasteiger partial charge in [-0.2, -0.15) is 0 Å². The summed E-state index contributed by atoms with van der Waals surface area (Å²) in [5, 5.41) is 13.7. The first kappa shape index (κ1) is 16.4. The number of nitrogens with one attached hydrogen (secondary N) is 1. The molecule has 1 amide bonds. The second-order valence-corrected chi connectivity index (χ2v) is 5.57. The van der Waals surface area contributed by atoms with E-state index in [0.29, 0.717) is 6.54 Å². The van der Waals surface area contributed by atoms with Crippen LogP contribution in [0.1, 0.15) is 16.5 Å². The second kappa shape index (κ2) is 9.15. The van der Waals surface area contributed by atoms with Gasteiger partial charge in [0, 0.05) is 17.5 Å². The number of aliphatic hydroxyl groups is 1. The maximum absolute atomic E-state index is 11.9. The summed E-state index contributed by atoms with van der Waals surface area (Å²) in [6.07, 6.45) is 3.04. The molecule has 0 radical (unpaired) electrons. The van der Waals surface area contributed by atoms with Crippen molar-refractivity contribution in [1.29, 1.82) is 0 Å². The molecule has 0 aliphatic carbocycles. The first-order chi connectivity index (χ1) is 10.8. The van der Waals surface area contributed by atoms with E-state index in [2.05, 4.69) is 5.32 Å². The van der Waals surface area contributed by atoms with Crippen molar-refractivity contribution in [3.8, 4) is 0 Å². The third kappa shape index (κ3) is 5.44. The second-order valence-electron chi connectivity index (χ2n) is 4.59. The Kier molecular flexibility index (Phi) is 6.83. The average Bonchev–Trinajstić information content (AvgIpc) is 3.08. The fraction of sp³-hybridized carbons (Fsp3) is 0.235. The van der Waals surface area contributed by atoms with Gasteiger partial charge in [-0.3, -0.25) is 4.79 Å². The zero-order valence-corrected chi connectivity index (χ0v) is 13.0. The predicted molar refractivity (Wildman–Crippen MR) is 88.6 cm³/mol. The van der Waals surface area contributed by atoms with E-state index in [0.717, 1.165) is 10.4 Å². The molecule has 0 fully saturated rings. The van der Waals surface area contributed by atoms with Gasteiger partial charge in [-0.25, -0.2) is 0 Å². The van der Waals surface area contributed by atoms with E-state index in [9.17, 15) is 4.79 Å². The summed E-state index contributed by atoms with van der Waals surface area (Å²) in [6, 6.07) is 13.5. The van der Waals surface area contributed by atoms with Crippen molar-refractivity contribution in [2.75, 3.05) is 19.8 Å². The SMILES string of the molecule is O=C(/C=C/c1ccccc1)NC[C@H](OCCO)c1cccs1. The molecule has 1 aromatic heterocycles. The summed E-state index contributed by atoms with van der Waals surface area (Å²) >= 11 is 1.57. The molecule has 0 unspecified atom stereocenters. The van der Waals surface area contributed by atoms with E-state index in [1.165, 1.54) is 6.08 Å². The molecule has 116 valence electrons. The molecule has 0 spiro atoms. The highest BCUT2D eigenvalue weighted by Crippen LogP contribution is 2.21. The van der Waals surface area contributed by atoms with Gasteiger partial charge in [-0.05, 0) is 23.1 Å². The molecular formula is C17H19NO3S. The third-order valence-electron chi connectivity index (χ3n) is 2.96. The van der Waals surface area contributed by atoms with Gasteiger partial charge in [-0.15, -0.1) is 11.3 Å². The highest BCUT2D eigenvalue weighted by atomic mass is 32.1. The fourth-order valence-corrected chi connectivity index (χ4v) is 2.67. The summed E-state index contributed by atoms with van der Waals surface area (Å²) in [5.74, 6) is -0.169. The van der Waals surface area contributed by atoms with Crippen LogP contribution < -0.4 is 5.32 Å². The van der Waals surface area contributed by atoms with Crippen LogP contribution in [0.2, 0.25) is 0 Å². The molecule has 1 aromatic carbocycles. The number of hydrogen-bond acceptors (Lipinski definition) is 4. The average molecular weight is 317 g/mol. The van der Waals surface area contributed by atoms with Crippen LogP contribution in [-0.2, 0) is 9.53 Å². The van der Waals surface area contributed by atoms with Crippen LogP contribution in [0.5, 0.6) is 0 Å². The van der Waals surface area contributed by atoms with Crippen molar-refractivity contribution in [3.05, 3.63) is 64.4 Å². The lowest BCUT2D eigenvalue weighted by Crippen LogP contribution is -2.28. The number of benzene rings is 1. The molecule has 0 bridgehead atoms. The predicted octanol–water partition coefficient (Wildman–Crippen LogP) is 2.63. The molecule has 5 heteroatoms.